The number of carbonyl (C=O) groups is 1. The van der Waals surface area contributed by atoms with Crippen LogP contribution in [0.2, 0.25) is 0 Å². The summed E-state index contributed by atoms with van der Waals surface area (Å²) >= 11 is 0. The monoisotopic (exact) mass is 368 g/mol. The predicted octanol–water partition coefficient (Wildman–Crippen LogP) is 2.37. The molecular weight excluding hydrogens is 340 g/mol. The highest BCUT2D eigenvalue weighted by molar-refractivity contribution is 5.87. The smallest absolute Gasteiger partial charge is 0.258 e. The summed E-state index contributed by atoms with van der Waals surface area (Å²) in [7, 11) is 0. The van der Waals surface area contributed by atoms with Gasteiger partial charge in [0.2, 0.25) is 5.91 Å². The standard InChI is InChI=1S/C21H28N4O2/c1-3-10-23-11-4-8-21(20(23)27)9-5-12-24(21)15-17-13-19(26)25-14-16(2)6-7-18(25)22-17/h6-7,13-14H,3-5,8-12,15H2,1-2H3. The highest BCUT2D eigenvalue weighted by Crippen LogP contribution is 2.39. The van der Waals surface area contributed by atoms with Crippen LogP contribution in [0.15, 0.2) is 29.2 Å². The highest BCUT2D eigenvalue weighted by Gasteiger charge is 2.50. The van der Waals surface area contributed by atoms with E-state index in [9.17, 15) is 9.59 Å². The van der Waals surface area contributed by atoms with E-state index in [4.69, 9.17) is 4.98 Å². The summed E-state index contributed by atoms with van der Waals surface area (Å²) in [5, 5.41) is 0. The van der Waals surface area contributed by atoms with Crippen molar-refractivity contribution in [2.75, 3.05) is 19.6 Å². The number of aryl methyl sites for hydroxylation is 1. The first-order valence-electron chi connectivity index (χ1n) is 10.1. The molecule has 2 aliphatic heterocycles. The molecule has 0 bridgehead atoms. The number of aromatic nitrogens is 2. The lowest BCUT2D eigenvalue weighted by Gasteiger charge is -2.44. The van der Waals surface area contributed by atoms with Crippen LogP contribution < -0.4 is 5.56 Å². The van der Waals surface area contributed by atoms with Gasteiger partial charge in [-0.1, -0.05) is 13.0 Å². The van der Waals surface area contributed by atoms with E-state index in [0.29, 0.717) is 12.2 Å². The van der Waals surface area contributed by atoms with Gasteiger partial charge in [-0.3, -0.25) is 18.9 Å². The molecule has 1 spiro atoms. The topological polar surface area (TPSA) is 57.9 Å². The predicted molar refractivity (Wildman–Crippen MR) is 105 cm³/mol. The summed E-state index contributed by atoms with van der Waals surface area (Å²) in [5.74, 6) is 0.279. The molecule has 1 unspecified atom stereocenters. The third kappa shape index (κ3) is 3.16. The molecule has 2 saturated heterocycles. The Hall–Kier alpha value is -2.21. The first kappa shape index (κ1) is 18.2. The molecule has 0 aliphatic carbocycles. The minimum absolute atomic E-state index is 0.0606. The van der Waals surface area contributed by atoms with Crippen molar-refractivity contribution in [1.82, 2.24) is 19.2 Å². The number of hydrogen-bond acceptors (Lipinski definition) is 4. The fraction of sp³-hybridized carbons (Fsp3) is 0.571. The molecule has 2 fully saturated rings. The van der Waals surface area contributed by atoms with Crippen molar-refractivity contribution < 1.29 is 4.79 Å². The molecule has 6 heteroatoms. The second-order valence-electron chi connectivity index (χ2n) is 7.97. The van der Waals surface area contributed by atoms with E-state index in [1.165, 1.54) is 0 Å². The molecule has 2 aromatic heterocycles. The number of fused-ring (bicyclic) bond motifs is 1. The van der Waals surface area contributed by atoms with E-state index in [0.717, 1.165) is 63.0 Å². The van der Waals surface area contributed by atoms with E-state index in [2.05, 4.69) is 11.8 Å². The average Bonchev–Trinajstić information content (AvgIpc) is 3.03. The minimum Gasteiger partial charge on any atom is -0.341 e. The average molecular weight is 368 g/mol. The third-order valence-corrected chi connectivity index (χ3v) is 6.03. The zero-order valence-corrected chi connectivity index (χ0v) is 16.3. The number of amides is 1. The summed E-state index contributed by atoms with van der Waals surface area (Å²) in [6.07, 6.45) is 6.71. The second kappa shape index (κ2) is 7.08. The summed E-state index contributed by atoms with van der Waals surface area (Å²) in [6, 6.07) is 5.47. The van der Waals surface area contributed by atoms with E-state index in [1.807, 2.05) is 30.2 Å². The van der Waals surface area contributed by atoms with Crippen molar-refractivity contribution in [2.45, 2.75) is 58.0 Å². The van der Waals surface area contributed by atoms with Gasteiger partial charge in [0, 0.05) is 31.9 Å². The van der Waals surface area contributed by atoms with Crippen molar-refractivity contribution in [1.29, 1.82) is 0 Å². The van der Waals surface area contributed by atoms with Crippen molar-refractivity contribution in [3.63, 3.8) is 0 Å². The second-order valence-corrected chi connectivity index (χ2v) is 7.97. The quantitative estimate of drug-likeness (QED) is 0.831. The molecule has 1 atom stereocenters. The lowest BCUT2D eigenvalue weighted by Crippen LogP contribution is -2.59. The number of nitrogens with zero attached hydrogens (tertiary/aromatic N) is 4. The number of hydrogen-bond donors (Lipinski definition) is 0. The summed E-state index contributed by atoms with van der Waals surface area (Å²) in [4.78, 5) is 34.8. The van der Waals surface area contributed by atoms with Crippen LogP contribution in [-0.2, 0) is 11.3 Å². The molecule has 0 radical (unpaired) electrons. The number of likely N-dealkylation sites (tertiary alicyclic amines) is 2. The molecule has 4 rings (SSSR count). The fourth-order valence-electron chi connectivity index (χ4n) is 4.77. The largest absolute Gasteiger partial charge is 0.341 e. The van der Waals surface area contributed by atoms with Crippen molar-refractivity contribution in [3.8, 4) is 0 Å². The van der Waals surface area contributed by atoms with Gasteiger partial charge in [-0.25, -0.2) is 4.98 Å². The van der Waals surface area contributed by atoms with Gasteiger partial charge in [0.05, 0.1) is 5.69 Å². The van der Waals surface area contributed by atoms with Gasteiger partial charge < -0.3 is 4.90 Å². The molecule has 0 N–H and O–H groups in total. The molecule has 6 nitrogen and oxygen atoms in total. The Kier molecular flexibility index (Phi) is 4.76. The Labute approximate surface area is 159 Å². The number of pyridine rings is 1. The van der Waals surface area contributed by atoms with Crippen LogP contribution in [0, 0.1) is 6.92 Å². The van der Waals surface area contributed by atoms with Crippen LogP contribution in [0.5, 0.6) is 0 Å². The Morgan fingerprint density at radius 2 is 1.93 bits per heavy atom. The zero-order valence-electron chi connectivity index (χ0n) is 16.3. The van der Waals surface area contributed by atoms with Crippen LogP contribution >= 0.6 is 0 Å². The molecule has 2 aromatic rings. The SMILES string of the molecule is CCCN1CCCC2(CCCN2Cc2cc(=O)n3cc(C)ccc3n2)C1=O. The molecule has 27 heavy (non-hydrogen) atoms. The van der Waals surface area contributed by atoms with Gasteiger partial charge in [-0.2, -0.15) is 0 Å². The van der Waals surface area contributed by atoms with Crippen LogP contribution in [0.1, 0.15) is 50.3 Å². The van der Waals surface area contributed by atoms with E-state index in [-0.39, 0.29) is 11.5 Å². The van der Waals surface area contributed by atoms with Crippen LogP contribution in [-0.4, -0.2) is 50.3 Å². The van der Waals surface area contributed by atoms with Gasteiger partial charge in [-0.05, 0) is 57.2 Å². The van der Waals surface area contributed by atoms with Crippen LogP contribution in [0.25, 0.3) is 5.65 Å². The van der Waals surface area contributed by atoms with Gasteiger partial charge in [-0.15, -0.1) is 0 Å². The summed E-state index contributed by atoms with van der Waals surface area (Å²) < 4.78 is 1.59. The van der Waals surface area contributed by atoms with Crippen LogP contribution in [0.3, 0.4) is 0 Å². The van der Waals surface area contributed by atoms with Gasteiger partial charge in [0.15, 0.2) is 0 Å². The van der Waals surface area contributed by atoms with E-state index in [1.54, 1.807) is 10.5 Å². The van der Waals surface area contributed by atoms with E-state index < -0.39 is 5.54 Å². The summed E-state index contributed by atoms with van der Waals surface area (Å²) in [5.41, 5.74) is 1.99. The van der Waals surface area contributed by atoms with Crippen LogP contribution in [0.4, 0.5) is 0 Å². The first-order chi connectivity index (χ1) is 13.0. The molecule has 0 saturated carbocycles. The van der Waals surface area contributed by atoms with E-state index >= 15 is 0 Å². The first-order valence-corrected chi connectivity index (χ1v) is 10.1. The maximum atomic E-state index is 13.3. The summed E-state index contributed by atoms with van der Waals surface area (Å²) in [6.45, 7) is 7.24. The fourth-order valence-corrected chi connectivity index (χ4v) is 4.77. The van der Waals surface area contributed by atoms with Crippen molar-refractivity contribution in [2.24, 2.45) is 0 Å². The molecule has 0 aromatic carbocycles. The normalized spacial score (nSPS) is 23.6. The van der Waals surface area contributed by atoms with Crippen molar-refractivity contribution >= 4 is 11.6 Å². The lowest BCUT2D eigenvalue weighted by molar-refractivity contribution is -0.147. The van der Waals surface area contributed by atoms with Gasteiger partial charge in [0.1, 0.15) is 11.2 Å². The molecule has 2 aliphatic rings. The Bertz CT molecular complexity index is 920. The molecule has 4 heterocycles. The maximum Gasteiger partial charge on any atom is 0.258 e. The number of carbonyl (C=O) groups excluding carboxylic acids is 1. The molecular formula is C21H28N4O2. The maximum absolute atomic E-state index is 13.3. The molecule has 1 amide bonds. The Morgan fingerprint density at radius 3 is 2.70 bits per heavy atom. The Balaban J connectivity index is 1.64. The minimum atomic E-state index is -0.395. The van der Waals surface area contributed by atoms with Gasteiger partial charge >= 0.3 is 0 Å². The molecule has 144 valence electrons. The zero-order chi connectivity index (χ0) is 19.0. The number of piperidine rings is 1. The van der Waals surface area contributed by atoms with Crippen molar-refractivity contribution in [3.05, 3.63) is 46.0 Å². The lowest BCUT2D eigenvalue weighted by atomic mass is 9.85. The Morgan fingerprint density at radius 1 is 1.15 bits per heavy atom. The van der Waals surface area contributed by atoms with Gasteiger partial charge in [0.25, 0.3) is 5.56 Å². The number of rotatable bonds is 4. The third-order valence-electron chi connectivity index (χ3n) is 6.03. The highest BCUT2D eigenvalue weighted by atomic mass is 16.2.